The summed E-state index contributed by atoms with van der Waals surface area (Å²) in [7, 11) is 0. The van der Waals surface area contributed by atoms with E-state index in [0.29, 0.717) is 12.0 Å². The zero-order valence-electron chi connectivity index (χ0n) is 29.9. The lowest BCUT2D eigenvalue weighted by Gasteiger charge is -2.40. The molecule has 51 heavy (non-hydrogen) atoms. The van der Waals surface area contributed by atoms with Crippen LogP contribution in [0.1, 0.15) is 67.7 Å². The number of hydrogen-bond donors (Lipinski definition) is 0. The maximum Gasteiger partial charge on any atom is 0.0499 e. The third-order valence-electron chi connectivity index (χ3n) is 11.9. The fourth-order valence-electron chi connectivity index (χ4n) is 9.24. The zero-order valence-corrected chi connectivity index (χ0v) is 29.9. The van der Waals surface area contributed by atoms with Crippen LogP contribution in [0.3, 0.4) is 0 Å². The molecule has 0 aromatic heterocycles. The Morgan fingerprint density at radius 3 is 1.90 bits per heavy atom. The molecule has 0 saturated heterocycles. The summed E-state index contributed by atoms with van der Waals surface area (Å²) >= 11 is 0. The second-order valence-electron chi connectivity index (χ2n) is 15.3. The summed E-state index contributed by atoms with van der Waals surface area (Å²) in [6, 6.07) is 59.5. The lowest BCUT2D eigenvalue weighted by Crippen LogP contribution is -2.35. The predicted molar refractivity (Wildman–Crippen MR) is 217 cm³/mol. The number of aryl methyl sites for hydroxylation is 1. The number of nitrogens with zero attached hydrogens (tertiary/aromatic N) is 1. The first-order valence-electron chi connectivity index (χ1n) is 18.7. The molecular weight excluding hydrogens is 615 g/mol. The molecule has 0 spiro atoms. The van der Waals surface area contributed by atoms with Crippen molar-refractivity contribution in [2.24, 2.45) is 0 Å². The van der Waals surface area contributed by atoms with Gasteiger partial charge in [0.1, 0.15) is 0 Å². The van der Waals surface area contributed by atoms with E-state index in [1.165, 1.54) is 90.6 Å². The van der Waals surface area contributed by atoms with Gasteiger partial charge < -0.3 is 4.90 Å². The molecule has 0 unspecified atom stereocenters. The van der Waals surface area contributed by atoms with Crippen LogP contribution in [0, 0.1) is 6.92 Å². The van der Waals surface area contributed by atoms with Gasteiger partial charge in [-0.25, -0.2) is 0 Å². The fraction of sp³-hybridized carbons (Fsp3) is 0.200. The molecule has 1 heteroatoms. The monoisotopic (exact) mass is 659 g/mol. The molecule has 9 rings (SSSR count). The van der Waals surface area contributed by atoms with Gasteiger partial charge in [0.25, 0.3) is 0 Å². The SMILES string of the molecule is Cc1ccccc1-c1cc2ccccc2cc1N(c1ccc2c(c1)C(C)(C)c1cccc(-c3ccccc3)c1-2)C1CCC(c2ccccc2)CC1. The van der Waals surface area contributed by atoms with Crippen molar-refractivity contribution in [3.63, 3.8) is 0 Å². The van der Waals surface area contributed by atoms with Crippen LogP contribution in [0.2, 0.25) is 0 Å². The van der Waals surface area contributed by atoms with Gasteiger partial charge in [-0.3, -0.25) is 0 Å². The Morgan fingerprint density at radius 1 is 0.510 bits per heavy atom. The summed E-state index contributed by atoms with van der Waals surface area (Å²) in [4.78, 5) is 2.74. The van der Waals surface area contributed by atoms with Gasteiger partial charge in [-0.05, 0) is 124 Å². The molecule has 0 amide bonds. The number of fused-ring (bicyclic) bond motifs is 4. The van der Waals surface area contributed by atoms with Crippen molar-refractivity contribution >= 4 is 22.1 Å². The van der Waals surface area contributed by atoms with E-state index in [-0.39, 0.29) is 5.41 Å². The Morgan fingerprint density at radius 2 is 1.16 bits per heavy atom. The summed E-state index contributed by atoms with van der Waals surface area (Å²) in [6.07, 6.45) is 4.69. The molecule has 2 aliphatic rings. The molecular formula is C50H45N. The highest BCUT2D eigenvalue weighted by molar-refractivity contribution is 5.98. The highest BCUT2D eigenvalue weighted by Crippen LogP contribution is 2.54. The largest absolute Gasteiger partial charge is 0.338 e. The van der Waals surface area contributed by atoms with Crippen molar-refractivity contribution in [1.82, 2.24) is 0 Å². The molecule has 7 aromatic carbocycles. The van der Waals surface area contributed by atoms with Crippen LogP contribution in [-0.4, -0.2) is 6.04 Å². The van der Waals surface area contributed by atoms with Gasteiger partial charge in [-0.1, -0.05) is 147 Å². The molecule has 0 N–H and O–H groups in total. The van der Waals surface area contributed by atoms with Gasteiger partial charge in [-0.15, -0.1) is 0 Å². The third-order valence-corrected chi connectivity index (χ3v) is 11.9. The predicted octanol–water partition coefficient (Wildman–Crippen LogP) is 13.7. The van der Waals surface area contributed by atoms with Gasteiger partial charge >= 0.3 is 0 Å². The second kappa shape index (κ2) is 12.7. The van der Waals surface area contributed by atoms with Crippen molar-refractivity contribution in [2.75, 3.05) is 4.90 Å². The Kier molecular flexibility index (Phi) is 7.88. The maximum atomic E-state index is 2.74. The summed E-state index contributed by atoms with van der Waals surface area (Å²) in [5.41, 5.74) is 16.1. The van der Waals surface area contributed by atoms with E-state index in [0.717, 1.165) is 12.8 Å². The van der Waals surface area contributed by atoms with Crippen molar-refractivity contribution in [3.8, 4) is 33.4 Å². The normalized spacial score (nSPS) is 17.5. The van der Waals surface area contributed by atoms with Crippen LogP contribution < -0.4 is 4.90 Å². The molecule has 0 heterocycles. The Bertz CT molecular complexity index is 2360. The van der Waals surface area contributed by atoms with Crippen LogP contribution >= 0.6 is 0 Å². The van der Waals surface area contributed by atoms with Gasteiger partial charge in [0, 0.05) is 28.4 Å². The van der Waals surface area contributed by atoms with Crippen LogP contribution in [0.4, 0.5) is 11.4 Å². The van der Waals surface area contributed by atoms with Crippen molar-refractivity contribution in [1.29, 1.82) is 0 Å². The number of benzene rings is 7. The van der Waals surface area contributed by atoms with Gasteiger partial charge in [0.05, 0.1) is 0 Å². The quantitative estimate of drug-likeness (QED) is 0.172. The van der Waals surface area contributed by atoms with E-state index in [1.807, 2.05) is 0 Å². The number of anilines is 2. The smallest absolute Gasteiger partial charge is 0.0499 e. The van der Waals surface area contributed by atoms with E-state index in [1.54, 1.807) is 0 Å². The van der Waals surface area contributed by atoms with Gasteiger partial charge in [0.15, 0.2) is 0 Å². The fourth-order valence-corrected chi connectivity index (χ4v) is 9.24. The lowest BCUT2D eigenvalue weighted by atomic mass is 9.80. The first kappa shape index (κ1) is 31.6. The van der Waals surface area contributed by atoms with Crippen molar-refractivity contribution < 1.29 is 0 Å². The first-order chi connectivity index (χ1) is 25.0. The average Bonchev–Trinajstić information content (AvgIpc) is 3.41. The van der Waals surface area contributed by atoms with Crippen LogP contribution in [0.5, 0.6) is 0 Å². The van der Waals surface area contributed by atoms with E-state index < -0.39 is 0 Å². The molecule has 1 fully saturated rings. The van der Waals surface area contributed by atoms with E-state index in [4.69, 9.17) is 0 Å². The van der Waals surface area contributed by atoms with Crippen LogP contribution in [0.25, 0.3) is 44.2 Å². The molecule has 0 aliphatic heterocycles. The molecule has 1 saturated carbocycles. The van der Waals surface area contributed by atoms with Gasteiger partial charge in [-0.2, -0.15) is 0 Å². The second-order valence-corrected chi connectivity index (χ2v) is 15.3. The Balaban J connectivity index is 1.22. The minimum atomic E-state index is -0.121. The molecule has 1 nitrogen and oxygen atoms in total. The van der Waals surface area contributed by atoms with E-state index in [9.17, 15) is 0 Å². The summed E-state index contributed by atoms with van der Waals surface area (Å²) < 4.78 is 0. The number of hydrogen-bond acceptors (Lipinski definition) is 1. The summed E-state index contributed by atoms with van der Waals surface area (Å²) in [6.45, 7) is 7.09. The maximum absolute atomic E-state index is 2.74. The lowest BCUT2D eigenvalue weighted by molar-refractivity contribution is 0.392. The number of rotatable bonds is 6. The molecule has 250 valence electrons. The molecule has 2 aliphatic carbocycles. The van der Waals surface area contributed by atoms with Gasteiger partial charge in [0.2, 0.25) is 0 Å². The molecule has 7 aromatic rings. The average molecular weight is 660 g/mol. The summed E-state index contributed by atoms with van der Waals surface area (Å²) in [5, 5.41) is 2.57. The van der Waals surface area contributed by atoms with E-state index in [2.05, 4.69) is 183 Å². The highest BCUT2D eigenvalue weighted by Gasteiger charge is 2.38. The summed E-state index contributed by atoms with van der Waals surface area (Å²) in [5.74, 6) is 0.613. The molecule has 0 bridgehead atoms. The molecule has 0 radical (unpaired) electrons. The van der Waals surface area contributed by atoms with E-state index >= 15 is 0 Å². The minimum absolute atomic E-state index is 0.121. The standard InChI is InChI=1S/C50H45N/c1-34-15-10-13-22-42(34)45-31-38-20-11-12-21-39(38)32-48(45)51(40-27-25-36(26-28-40)35-16-6-4-7-17-35)41-29-30-44-47(33-41)50(2,3)46-24-14-23-43(49(44)46)37-18-8-5-9-19-37/h4-24,29-33,36,40H,25-28H2,1-3H3. The highest BCUT2D eigenvalue weighted by atomic mass is 15.2. The van der Waals surface area contributed by atoms with Crippen LogP contribution in [0.15, 0.2) is 158 Å². The van der Waals surface area contributed by atoms with Crippen molar-refractivity contribution in [3.05, 3.63) is 180 Å². The van der Waals surface area contributed by atoms with Crippen molar-refractivity contribution in [2.45, 2.75) is 63.8 Å². The van der Waals surface area contributed by atoms with Crippen LogP contribution in [-0.2, 0) is 5.41 Å². The topological polar surface area (TPSA) is 3.24 Å². The minimum Gasteiger partial charge on any atom is -0.338 e. The zero-order chi connectivity index (χ0) is 34.5. The Labute approximate surface area is 303 Å². The molecule has 0 atom stereocenters. The first-order valence-corrected chi connectivity index (χ1v) is 18.7. The third kappa shape index (κ3) is 5.47. The Hall–Kier alpha value is -5.40.